The number of aromatic nitrogens is 5. The van der Waals surface area contributed by atoms with Crippen molar-refractivity contribution < 1.29 is 15.0 Å². The van der Waals surface area contributed by atoms with Crippen LogP contribution in [0.2, 0.25) is 0 Å². The molecule has 2 N–H and O–H groups in total. The van der Waals surface area contributed by atoms with Crippen LogP contribution < -0.4 is 5.69 Å². The molecule has 200 valence electrons. The molecular formula is C29H25N7O4. The van der Waals surface area contributed by atoms with Gasteiger partial charge in [-0.1, -0.05) is 12.1 Å². The fourth-order valence-corrected chi connectivity index (χ4v) is 5.39. The summed E-state index contributed by atoms with van der Waals surface area (Å²) in [5.41, 5.74) is 3.29. The van der Waals surface area contributed by atoms with Gasteiger partial charge in [-0.25, -0.2) is 19.6 Å². The van der Waals surface area contributed by atoms with Crippen molar-refractivity contribution in [2.24, 2.45) is 7.05 Å². The normalized spacial score (nSPS) is 15.4. The van der Waals surface area contributed by atoms with E-state index in [2.05, 4.69) is 20.9 Å². The van der Waals surface area contributed by atoms with Crippen LogP contribution in [0.5, 0.6) is 5.75 Å². The van der Waals surface area contributed by atoms with E-state index in [4.69, 9.17) is 5.11 Å². The van der Waals surface area contributed by atoms with E-state index in [1.54, 1.807) is 56.4 Å². The number of fused-ring (bicyclic) bond motifs is 1. The van der Waals surface area contributed by atoms with Crippen LogP contribution in [0, 0.1) is 11.3 Å². The number of likely N-dealkylation sites (tertiary alicyclic amines) is 1. The second-order valence-electron chi connectivity index (χ2n) is 9.83. The number of nitrogens with zero attached hydrogens (tertiary/aromatic N) is 7. The van der Waals surface area contributed by atoms with Crippen molar-refractivity contribution in [2.45, 2.75) is 19.0 Å². The minimum Gasteiger partial charge on any atom is -0.507 e. The van der Waals surface area contributed by atoms with Crippen LogP contribution in [0.25, 0.3) is 28.0 Å². The molecule has 0 saturated carbocycles. The van der Waals surface area contributed by atoms with Crippen LogP contribution in [0.3, 0.4) is 0 Å². The number of benzene rings is 2. The lowest BCUT2D eigenvalue weighted by molar-refractivity contribution is 0.0697. The molecule has 0 amide bonds. The molecule has 11 heteroatoms. The van der Waals surface area contributed by atoms with Crippen molar-refractivity contribution in [1.29, 1.82) is 5.26 Å². The molecule has 0 spiro atoms. The number of aromatic hydroxyl groups is 1. The van der Waals surface area contributed by atoms with E-state index >= 15 is 0 Å². The summed E-state index contributed by atoms with van der Waals surface area (Å²) in [4.78, 5) is 36.2. The number of phenolic OH excluding ortho intramolecular Hbond substituents is 1. The number of nitriles is 1. The zero-order valence-electron chi connectivity index (χ0n) is 21.6. The highest BCUT2D eigenvalue weighted by Gasteiger charge is 2.29. The molecule has 1 saturated heterocycles. The summed E-state index contributed by atoms with van der Waals surface area (Å²) in [6, 6.07) is 16.9. The summed E-state index contributed by atoms with van der Waals surface area (Å²) in [6.07, 6.45) is 3.98. The van der Waals surface area contributed by atoms with E-state index in [0.717, 1.165) is 18.8 Å². The molecule has 5 aromatic rings. The van der Waals surface area contributed by atoms with Gasteiger partial charge in [-0.15, -0.1) is 0 Å². The molecule has 40 heavy (non-hydrogen) atoms. The highest BCUT2D eigenvalue weighted by atomic mass is 16.4. The maximum atomic E-state index is 13.9. The third-order valence-corrected chi connectivity index (χ3v) is 7.49. The van der Waals surface area contributed by atoms with E-state index < -0.39 is 5.97 Å². The van der Waals surface area contributed by atoms with E-state index in [9.17, 15) is 20.0 Å². The van der Waals surface area contributed by atoms with E-state index in [1.165, 1.54) is 18.2 Å². The third-order valence-electron chi connectivity index (χ3n) is 7.49. The molecule has 2 aromatic carbocycles. The third kappa shape index (κ3) is 4.20. The van der Waals surface area contributed by atoms with Crippen molar-refractivity contribution in [3.05, 3.63) is 94.6 Å². The molecule has 6 rings (SSSR count). The summed E-state index contributed by atoms with van der Waals surface area (Å²) in [6.45, 7) is 1.96. The fourth-order valence-electron chi connectivity index (χ4n) is 5.39. The Kier molecular flexibility index (Phi) is 6.17. The van der Waals surface area contributed by atoms with E-state index in [0.29, 0.717) is 46.8 Å². The Morgan fingerprint density at radius 1 is 1.15 bits per heavy atom. The lowest BCUT2D eigenvalue weighted by atomic mass is 10.0. The highest BCUT2D eigenvalue weighted by Crippen LogP contribution is 2.32. The highest BCUT2D eigenvalue weighted by molar-refractivity contribution is 5.88. The summed E-state index contributed by atoms with van der Waals surface area (Å²) in [5.74, 6) is -0.264. The minimum atomic E-state index is -1.02. The Balaban J connectivity index is 1.33. The van der Waals surface area contributed by atoms with Crippen LogP contribution in [0.15, 0.2) is 71.8 Å². The van der Waals surface area contributed by atoms with Crippen molar-refractivity contribution in [3.8, 4) is 28.6 Å². The smallest absolute Gasteiger partial charge is 0.335 e. The van der Waals surface area contributed by atoms with Gasteiger partial charge in [0.2, 0.25) is 0 Å². The van der Waals surface area contributed by atoms with Gasteiger partial charge in [0.15, 0.2) is 5.65 Å². The summed E-state index contributed by atoms with van der Waals surface area (Å²) < 4.78 is 5.06. The van der Waals surface area contributed by atoms with Gasteiger partial charge in [0.05, 0.1) is 35.6 Å². The van der Waals surface area contributed by atoms with Gasteiger partial charge in [-0.05, 0) is 48.4 Å². The van der Waals surface area contributed by atoms with Crippen LogP contribution in [0.4, 0.5) is 0 Å². The van der Waals surface area contributed by atoms with Crippen molar-refractivity contribution >= 4 is 17.1 Å². The number of aromatic carboxylic acids is 1. The molecule has 1 fully saturated rings. The summed E-state index contributed by atoms with van der Waals surface area (Å²) in [7, 11) is 1.82. The molecule has 11 nitrogen and oxygen atoms in total. The maximum Gasteiger partial charge on any atom is 0.335 e. The molecule has 4 heterocycles. The lowest BCUT2D eigenvalue weighted by Gasteiger charge is -2.16. The van der Waals surface area contributed by atoms with E-state index in [-0.39, 0.29) is 23.0 Å². The van der Waals surface area contributed by atoms with Gasteiger partial charge in [0.25, 0.3) is 0 Å². The number of hydrogen-bond acceptors (Lipinski definition) is 7. The Hall–Kier alpha value is -5.21. The second-order valence-corrected chi connectivity index (χ2v) is 9.83. The molecule has 0 bridgehead atoms. The number of carboxylic acid groups (broad SMARTS) is 1. The fraction of sp³-hybridized carbons (Fsp3) is 0.207. The Morgan fingerprint density at radius 2 is 1.95 bits per heavy atom. The quantitative estimate of drug-likeness (QED) is 0.337. The first-order chi connectivity index (χ1) is 19.4. The van der Waals surface area contributed by atoms with Crippen molar-refractivity contribution in [1.82, 2.24) is 28.6 Å². The Labute approximate surface area is 228 Å². The van der Waals surface area contributed by atoms with Gasteiger partial charge in [0, 0.05) is 38.0 Å². The van der Waals surface area contributed by atoms with E-state index in [1.807, 2.05) is 13.1 Å². The number of rotatable bonds is 6. The van der Waals surface area contributed by atoms with Gasteiger partial charge >= 0.3 is 11.7 Å². The zero-order chi connectivity index (χ0) is 28.0. The largest absolute Gasteiger partial charge is 0.507 e. The average molecular weight is 536 g/mol. The Bertz CT molecular complexity index is 1860. The number of carboxylic acids is 1. The molecule has 1 aliphatic heterocycles. The summed E-state index contributed by atoms with van der Waals surface area (Å²) >= 11 is 0. The lowest BCUT2D eigenvalue weighted by Crippen LogP contribution is -2.29. The van der Waals surface area contributed by atoms with Crippen molar-refractivity contribution in [3.63, 3.8) is 0 Å². The molecule has 1 unspecified atom stereocenters. The van der Waals surface area contributed by atoms with Crippen LogP contribution in [0.1, 0.15) is 34.3 Å². The standard InChI is InChI=1S/C29H25N7O4/c1-33-22(14-30)15-32-26(33)17-34-12-10-21(16-34)36-27-24(3-2-11-31-27)35(29(36)40)20-8-9-23(25(37)13-20)18-4-6-19(7-5-18)28(38)39/h2-9,11,13,15,21,37H,10,12,16-17H2,1H3,(H,38,39). The topological polar surface area (TPSA) is 142 Å². The number of pyridine rings is 1. The van der Waals surface area contributed by atoms with Crippen molar-refractivity contribution in [2.75, 3.05) is 13.1 Å². The molecule has 3 aromatic heterocycles. The minimum absolute atomic E-state index is 0.0314. The van der Waals surface area contributed by atoms with Gasteiger partial charge in [-0.3, -0.25) is 14.0 Å². The Morgan fingerprint density at radius 3 is 2.65 bits per heavy atom. The van der Waals surface area contributed by atoms with Crippen LogP contribution in [-0.2, 0) is 13.6 Å². The van der Waals surface area contributed by atoms with Gasteiger partial charge in [-0.2, -0.15) is 5.26 Å². The summed E-state index contributed by atoms with van der Waals surface area (Å²) in [5, 5.41) is 29.3. The average Bonchev–Trinajstić information content (AvgIpc) is 3.64. The molecule has 0 aliphatic carbocycles. The molecule has 1 aliphatic rings. The monoisotopic (exact) mass is 535 g/mol. The molecule has 1 atom stereocenters. The van der Waals surface area contributed by atoms with Crippen LogP contribution >= 0.6 is 0 Å². The zero-order valence-corrected chi connectivity index (χ0v) is 21.6. The van der Waals surface area contributed by atoms with Gasteiger partial charge in [0.1, 0.15) is 23.3 Å². The first-order valence-electron chi connectivity index (χ1n) is 12.7. The first-order valence-corrected chi connectivity index (χ1v) is 12.7. The van der Waals surface area contributed by atoms with Gasteiger partial charge < -0.3 is 14.8 Å². The molecule has 0 radical (unpaired) electrons. The predicted octanol–water partition coefficient (Wildman–Crippen LogP) is 3.31. The number of phenols is 1. The molecular weight excluding hydrogens is 510 g/mol. The number of imidazole rings is 2. The van der Waals surface area contributed by atoms with Crippen LogP contribution in [-0.4, -0.2) is 57.8 Å². The number of carbonyl (C=O) groups is 1. The SMILES string of the molecule is Cn1c(C#N)cnc1CN1CCC(n2c(=O)n(-c3ccc(-c4ccc(C(=O)O)cc4)c(O)c3)c3cccnc32)C1. The number of hydrogen-bond donors (Lipinski definition) is 2. The maximum absolute atomic E-state index is 13.9. The first kappa shape index (κ1) is 25.1. The second kappa shape index (κ2) is 9.83. The predicted molar refractivity (Wildman–Crippen MR) is 146 cm³/mol.